The second-order valence-electron chi connectivity index (χ2n) is 21.7. The lowest BCUT2D eigenvalue weighted by molar-refractivity contribution is 1.18. The van der Waals surface area contributed by atoms with Crippen LogP contribution >= 0.6 is 0 Å². The molecule has 0 saturated heterocycles. The SMILES string of the molecule is c1ccc(-c2ccccc2-c2ccc(-n3c4ccccc4c4cc(-c5ccc(-c6nc7ccccc7nc6-c6ccc(-c7ccc8c(c7)c7ccccc7n8-c7ccc(-c8ccccc8-c8ccccc8)cc7)cc6)cc5)ccc43)cc2)cc1. The molecule has 0 N–H and O–H groups in total. The molecule has 0 spiro atoms. The molecule has 0 fully saturated rings. The fraction of sp³-hybridized carbons (Fsp3) is 0. The van der Waals surface area contributed by atoms with Gasteiger partial charge in [0.1, 0.15) is 0 Å². The summed E-state index contributed by atoms with van der Waals surface area (Å²) in [5.74, 6) is 0. The van der Waals surface area contributed by atoms with Gasteiger partial charge in [0, 0.05) is 44.0 Å². The number of nitrogens with zero attached hydrogens (tertiary/aromatic N) is 4. The topological polar surface area (TPSA) is 35.6 Å². The quantitative estimate of drug-likeness (QED) is 0.137. The zero-order valence-electron chi connectivity index (χ0n) is 45.8. The van der Waals surface area contributed by atoms with E-state index in [0.29, 0.717) is 0 Å². The highest BCUT2D eigenvalue weighted by molar-refractivity contribution is 6.12. The van der Waals surface area contributed by atoms with Crippen LogP contribution in [0.2, 0.25) is 0 Å². The molecule has 84 heavy (non-hydrogen) atoms. The Morgan fingerprint density at radius 3 is 0.869 bits per heavy atom. The van der Waals surface area contributed by atoms with E-state index in [1.54, 1.807) is 0 Å². The Kier molecular flexibility index (Phi) is 11.8. The average Bonchev–Trinajstić information content (AvgIpc) is 2.86. The van der Waals surface area contributed by atoms with Gasteiger partial charge in [-0.05, 0) is 140 Å². The first-order chi connectivity index (χ1) is 41.6. The van der Waals surface area contributed by atoms with Gasteiger partial charge in [0.15, 0.2) is 0 Å². The van der Waals surface area contributed by atoms with Gasteiger partial charge in [0.05, 0.1) is 44.5 Å². The van der Waals surface area contributed by atoms with Crippen molar-refractivity contribution in [1.82, 2.24) is 19.1 Å². The summed E-state index contributed by atoms with van der Waals surface area (Å²) in [6.45, 7) is 0. The van der Waals surface area contributed by atoms with Crippen LogP contribution in [0.15, 0.2) is 315 Å². The minimum Gasteiger partial charge on any atom is -0.309 e. The molecule has 392 valence electrons. The third kappa shape index (κ3) is 8.47. The minimum absolute atomic E-state index is 0.851. The number of aromatic nitrogens is 4. The van der Waals surface area contributed by atoms with E-state index in [1.165, 1.54) is 88.1 Å². The van der Waals surface area contributed by atoms with E-state index in [2.05, 4.69) is 300 Å². The monoisotopic (exact) mass is 1070 g/mol. The molecule has 16 aromatic rings. The van der Waals surface area contributed by atoms with Crippen molar-refractivity contribution in [1.29, 1.82) is 0 Å². The van der Waals surface area contributed by atoms with Crippen LogP contribution in [-0.4, -0.2) is 19.1 Å². The number of hydrogen-bond acceptors (Lipinski definition) is 2. The molecule has 0 aliphatic heterocycles. The predicted molar refractivity (Wildman–Crippen MR) is 352 cm³/mol. The Hall–Kier alpha value is -11.2. The third-order valence-electron chi connectivity index (χ3n) is 16.8. The smallest absolute Gasteiger partial charge is 0.0973 e. The van der Waals surface area contributed by atoms with Crippen LogP contribution in [0, 0.1) is 0 Å². The summed E-state index contributed by atoms with van der Waals surface area (Å²) in [6.07, 6.45) is 0. The molecule has 0 amide bonds. The molecule has 0 bridgehead atoms. The first-order valence-corrected chi connectivity index (χ1v) is 28.7. The molecule has 13 aromatic carbocycles. The predicted octanol–water partition coefficient (Wildman–Crippen LogP) is 21.2. The highest BCUT2D eigenvalue weighted by atomic mass is 15.0. The number of para-hydroxylation sites is 4. The largest absolute Gasteiger partial charge is 0.309 e. The lowest BCUT2D eigenvalue weighted by Crippen LogP contribution is -1.96. The highest BCUT2D eigenvalue weighted by Crippen LogP contribution is 2.41. The van der Waals surface area contributed by atoms with Gasteiger partial charge in [0.2, 0.25) is 0 Å². The van der Waals surface area contributed by atoms with Crippen LogP contribution in [0.3, 0.4) is 0 Å². The maximum absolute atomic E-state index is 5.31. The van der Waals surface area contributed by atoms with Crippen LogP contribution in [0.25, 0.3) is 155 Å². The molecule has 3 aromatic heterocycles. The molecule has 0 unspecified atom stereocenters. The fourth-order valence-electron chi connectivity index (χ4n) is 12.7. The molecule has 4 nitrogen and oxygen atoms in total. The number of rotatable bonds is 10. The van der Waals surface area contributed by atoms with Crippen molar-refractivity contribution in [2.24, 2.45) is 0 Å². The van der Waals surface area contributed by atoms with E-state index >= 15 is 0 Å². The summed E-state index contributed by atoms with van der Waals surface area (Å²) in [5, 5.41) is 4.87. The van der Waals surface area contributed by atoms with Crippen molar-refractivity contribution in [3.8, 4) is 101 Å². The Labute approximate surface area is 487 Å². The molecule has 4 heteroatoms. The van der Waals surface area contributed by atoms with Crippen molar-refractivity contribution < 1.29 is 0 Å². The van der Waals surface area contributed by atoms with Crippen LogP contribution in [0.5, 0.6) is 0 Å². The molecule has 0 atom stereocenters. The van der Waals surface area contributed by atoms with E-state index in [0.717, 1.165) is 67.2 Å². The molecular weight excluding hydrogens is 1020 g/mol. The second-order valence-corrected chi connectivity index (χ2v) is 21.7. The summed E-state index contributed by atoms with van der Waals surface area (Å²) in [5.41, 5.74) is 26.7. The first-order valence-electron chi connectivity index (χ1n) is 28.7. The van der Waals surface area contributed by atoms with Crippen molar-refractivity contribution in [2.75, 3.05) is 0 Å². The van der Waals surface area contributed by atoms with Crippen LogP contribution in [0.1, 0.15) is 0 Å². The molecule has 0 saturated carbocycles. The molecule has 0 aliphatic carbocycles. The van der Waals surface area contributed by atoms with Gasteiger partial charge in [-0.2, -0.15) is 0 Å². The minimum atomic E-state index is 0.851. The third-order valence-corrected chi connectivity index (χ3v) is 16.8. The van der Waals surface area contributed by atoms with Crippen LogP contribution in [0.4, 0.5) is 0 Å². The van der Waals surface area contributed by atoms with Gasteiger partial charge in [-0.15, -0.1) is 0 Å². The molecule has 16 rings (SSSR count). The second kappa shape index (κ2) is 20.4. The fourth-order valence-corrected chi connectivity index (χ4v) is 12.7. The standard InChI is InChI=1S/C80H52N4/c1-3-17-55(18-4-1)65-21-7-9-23-67(65)57-39-45-63(46-40-57)83-75-29-15-11-25-69(75)71-51-61(43-49-77(71)83)53-31-35-59(36-32-53)79-80(82-74-28-14-13-27-73(74)81-79)60-37-33-54(34-38-60)62-44-50-78-72(52-62)70-26-12-16-30-76(70)84(78)64-47-41-58(42-48-64)68-24-10-8-22-66(68)56-19-5-2-6-20-56/h1-52H. The van der Waals surface area contributed by atoms with Crippen LogP contribution in [-0.2, 0) is 0 Å². The van der Waals surface area contributed by atoms with Crippen LogP contribution < -0.4 is 0 Å². The number of fused-ring (bicyclic) bond motifs is 7. The Morgan fingerprint density at radius 2 is 0.476 bits per heavy atom. The summed E-state index contributed by atoms with van der Waals surface area (Å²) >= 11 is 0. The van der Waals surface area contributed by atoms with Crippen molar-refractivity contribution >= 4 is 54.6 Å². The van der Waals surface area contributed by atoms with Gasteiger partial charge in [-0.1, -0.05) is 243 Å². The summed E-state index contributed by atoms with van der Waals surface area (Å²) < 4.78 is 4.78. The Bertz CT molecular complexity index is 4810. The van der Waals surface area contributed by atoms with E-state index < -0.39 is 0 Å². The molecular formula is C80H52N4. The van der Waals surface area contributed by atoms with Gasteiger partial charge < -0.3 is 9.13 Å². The average molecular weight is 1070 g/mol. The normalized spacial score (nSPS) is 11.6. The zero-order chi connectivity index (χ0) is 55.5. The van der Waals surface area contributed by atoms with E-state index in [1.807, 2.05) is 24.3 Å². The van der Waals surface area contributed by atoms with E-state index in [4.69, 9.17) is 9.97 Å². The van der Waals surface area contributed by atoms with Crippen molar-refractivity contribution in [3.05, 3.63) is 315 Å². The molecule has 0 aliphatic rings. The maximum Gasteiger partial charge on any atom is 0.0973 e. The Balaban J connectivity index is 0.701. The lowest BCUT2D eigenvalue weighted by atomic mass is 9.94. The number of benzene rings is 13. The van der Waals surface area contributed by atoms with Gasteiger partial charge in [-0.3, -0.25) is 0 Å². The number of hydrogen-bond donors (Lipinski definition) is 0. The molecule has 0 radical (unpaired) electrons. The summed E-state index contributed by atoms with van der Waals surface area (Å²) in [7, 11) is 0. The van der Waals surface area contributed by atoms with Gasteiger partial charge in [0.25, 0.3) is 0 Å². The van der Waals surface area contributed by atoms with E-state index in [-0.39, 0.29) is 0 Å². The summed E-state index contributed by atoms with van der Waals surface area (Å²) in [6, 6.07) is 114. The lowest BCUT2D eigenvalue weighted by Gasteiger charge is -2.13. The maximum atomic E-state index is 5.31. The highest BCUT2D eigenvalue weighted by Gasteiger charge is 2.19. The van der Waals surface area contributed by atoms with Gasteiger partial charge in [-0.25, -0.2) is 9.97 Å². The molecule has 3 heterocycles. The van der Waals surface area contributed by atoms with E-state index in [9.17, 15) is 0 Å². The first kappa shape index (κ1) is 48.7. The van der Waals surface area contributed by atoms with Gasteiger partial charge >= 0.3 is 0 Å². The Morgan fingerprint density at radius 1 is 0.190 bits per heavy atom. The van der Waals surface area contributed by atoms with Crippen molar-refractivity contribution in [2.45, 2.75) is 0 Å². The zero-order valence-corrected chi connectivity index (χ0v) is 45.8. The van der Waals surface area contributed by atoms with Crippen molar-refractivity contribution in [3.63, 3.8) is 0 Å². The summed E-state index contributed by atoms with van der Waals surface area (Å²) in [4.78, 5) is 10.6.